The van der Waals surface area contributed by atoms with Crippen LogP contribution in [0.1, 0.15) is 10.4 Å². The van der Waals surface area contributed by atoms with Crippen molar-refractivity contribution in [1.82, 2.24) is 0 Å². The number of rotatable bonds is 4. The average Bonchev–Trinajstić information content (AvgIpc) is 2.40. The third-order valence-electron chi connectivity index (χ3n) is 2.44. The first-order chi connectivity index (χ1) is 8.68. The fraction of sp³-hybridized carbons (Fsp3) is 0.0714. The minimum absolute atomic E-state index is 0.00657. The molecule has 0 aliphatic heterocycles. The predicted molar refractivity (Wildman–Crippen MR) is 76.2 cm³/mol. The second-order valence-corrected chi connectivity index (χ2v) is 5.98. The molecule has 2 rings (SSSR count). The van der Waals surface area contributed by atoms with Gasteiger partial charge >= 0.3 is 0 Å². The van der Waals surface area contributed by atoms with E-state index in [1.54, 1.807) is 30.3 Å². The highest BCUT2D eigenvalue weighted by molar-refractivity contribution is 9.10. The van der Waals surface area contributed by atoms with Gasteiger partial charge in [-0.25, -0.2) is 0 Å². The van der Waals surface area contributed by atoms with Gasteiger partial charge in [0.2, 0.25) is 0 Å². The van der Waals surface area contributed by atoms with Gasteiger partial charge in [0.25, 0.3) is 0 Å². The molecule has 0 saturated heterocycles. The molecule has 0 amide bonds. The molecule has 2 aromatic carbocycles. The van der Waals surface area contributed by atoms with Crippen molar-refractivity contribution in [2.24, 2.45) is 0 Å². The molecule has 0 saturated carbocycles. The van der Waals surface area contributed by atoms with E-state index in [-0.39, 0.29) is 11.5 Å². The Bertz CT molecular complexity index is 581. The maximum atomic E-state index is 12.1. The lowest BCUT2D eigenvalue weighted by Crippen LogP contribution is -2.11. The lowest BCUT2D eigenvalue weighted by Gasteiger charge is -2.04. The fourth-order valence-corrected chi connectivity index (χ4v) is 3.44. The van der Waals surface area contributed by atoms with Crippen molar-refractivity contribution in [1.29, 1.82) is 0 Å². The monoisotopic (exact) mass is 322 g/mol. The predicted octanol–water partition coefficient (Wildman–Crippen LogP) is 3.44. The number of carbonyl (C=O) groups is 1. The summed E-state index contributed by atoms with van der Waals surface area (Å²) in [6, 6.07) is 16.2. The average molecular weight is 323 g/mol. The molecule has 0 aliphatic rings. The maximum Gasteiger partial charge on any atom is 0.175 e. The van der Waals surface area contributed by atoms with Gasteiger partial charge in [-0.2, -0.15) is 0 Å². The van der Waals surface area contributed by atoms with E-state index in [1.807, 2.05) is 24.3 Å². The molecule has 4 heteroatoms. The van der Waals surface area contributed by atoms with Crippen LogP contribution in [0.3, 0.4) is 0 Å². The molecule has 0 spiro atoms. The van der Waals surface area contributed by atoms with Crippen LogP contribution < -0.4 is 0 Å². The number of ketones is 1. The van der Waals surface area contributed by atoms with Gasteiger partial charge in [0, 0.05) is 10.0 Å². The van der Waals surface area contributed by atoms with Crippen molar-refractivity contribution in [3.8, 4) is 0 Å². The van der Waals surface area contributed by atoms with Crippen molar-refractivity contribution in [2.75, 3.05) is 5.75 Å². The largest absolute Gasteiger partial charge is 0.293 e. The van der Waals surface area contributed by atoms with Crippen molar-refractivity contribution >= 4 is 32.5 Å². The Morgan fingerprint density at radius 2 is 1.61 bits per heavy atom. The van der Waals surface area contributed by atoms with Crippen molar-refractivity contribution < 1.29 is 9.00 Å². The van der Waals surface area contributed by atoms with Crippen LogP contribution in [-0.2, 0) is 10.8 Å². The van der Waals surface area contributed by atoms with Crippen LogP contribution in [0.4, 0.5) is 0 Å². The molecule has 92 valence electrons. The lowest BCUT2D eigenvalue weighted by molar-refractivity contribution is 0.102. The molecule has 0 heterocycles. The molecule has 0 radical (unpaired) electrons. The summed E-state index contributed by atoms with van der Waals surface area (Å²) in [6.07, 6.45) is 0. The molecule has 1 atom stereocenters. The van der Waals surface area contributed by atoms with Gasteiger partial charge < -0.3 is 0 Å². The Morgan fingerprint density at radius 3 is 2.28 bits per heavy atom. The highest BCUT2D eigenvalue weighted by atomic mass is 79.9. The second kappa shape index (κ2) is 6.07. The molecule has 0 fully saturated rings. The van der Waals surface area contributed by atoms with Crippen molar-refractivity contribution in [3.05, 3.63) is 64.6 Å². The molecule has 0 N–H and O–H groups in total. The number of carbonyl (C=O) groups excluding carboxylic acids is 1. The molecule has 1 unspecified atom stereocenters. The van der Waals surface area contributed by atoms with Crippen LogP contribution in [0.25, 0.3) is 0 Å². The summed E-state index contributed by atoms with van der Waals surface area (Å²) in [5.74, 6) is -0.100. The maximum absolute atomic E-state index is 12.1. The SMILES string of the molecule is O=C(CS(=O)c1ccccc1Br)c1ccccc1. The van der Waals surface area contributed by atoms with Crippen LogP contribution >= 0.6 is 15.9 Å². The first-order valence-corrected chi connectivity index (χ1v) is 7.51. The molecular formula is C14H11BrO2S. The summed E-state index contributed by atoms with van der Waals surface area (Å²) in [4.78, 5) is 12.6. The zero-order valence-corrected chi connectivity index (χ0v) is 11.9. The summed E-state index contributed by atoms with van der Waals surface area (Å²) in [5.41, 5.74) is 0.595. The second-order valence-electron chi connectivity index (χ2n) is 3.71. The zero-order chi connectivity index (χ0) is 13.0. The first-order valence-electron chi connectivity index (χ1n) is 5.39. The smallest absolute Gasteiger partial charge is 0.175 e. The topological polar surface area (TPSA) is 34.1 Å². The van der Waals surface area contributed by atoms with Gasteiger partial charge in [0.1, 0.15) is 0 Å². The number of hydrogen-bond donors (Lipinski definition) is 0. The Labute approximate surface area is 117 Å². The van der Waals surface area contributed by atoms with E-state index < -0.39 is 10.8 Å². The summed E-state index contributed by atoms with van der Waals surface area (Å²) in [5, 5.41) is 0. The normalized spacial score (nSPS) is 12.1. The number of hydrogen-bond acceptors (Lipinski definition) is 2. The zero-order valence-electron chi connectivity index (χ0n) is 9.51. The van der Waals surface area contributed by atoms with E-state index in [0.29, 0.717) is 10.5 Å². The molecule has 2 nitrogen and oxygen atoms in total. The van der Waals surface area contributed by atoms with Gasteiger partial charge in [-0.15, -0.1) is 0 Å². The highest BCUT2D eigenvalue weighted by Gasteiger charge is 2.13. The van der Waals surface area contributed by atoms with Gasteiger partial charge in [-0.1, -0.05) is 42.5 Å². The van der Waals surface area contributed by atoms with Crippen molar-refractivity contribution in [2.45, 2.75) is 4.90 Å². The number of halogens is 1. The first kappa shape index (κ1) is 13.2. The fourth-order valence-electron chi connectivity index (χ4n) is 1.53. The Kier molecular flexibility index (Phi) is 4.44. The van der Waals surface area contributed by atoms with Crippen LogP contribution in [0.5, 0.6) is 0 Å². The minimum Gasteiger partial charge on any atom is -0.293 e. The van der Waals surface area contributed by atoms with Gasteiger partial charge in [0.05, 0.1) is 21.4 Å². The Hall–Kier alpha value is -1.26. The third kappa shape index (κ3) is 3.15. The summed E-state index contributed by atoms with van der Waals surface area (Å²) in [7, 11) is -1.32. The van der Waals surface area contributed by atoms with Crippen LogP contribution in [0, 0.1) is 0 Å². The molecule has 0 bridgehead atoms. The number of Topliss-reactive ketones (excluding diaryl/α,β-unsaturated/α-hetero) is 1. The molecular weight excluding hydrogens is 312 g/mol. The van der Waals surface area contributed by atoms with Crippen LogP contribution in [-0.4, -0.2) is 15.7 Å². The van der Waals surface area contributed by atoms with E-state index >= 15 is 0 Å². The van der Waals surface area contributed by atoms with Crippen LogP contribution in [0.15, 0.2) is 64.0 Å². The van der Waals surface area contributed by atoms with E-state index in [2.05, 4.69) is 15.9 Å². The van der Waals surface area contributed by atoms with Crippen LogP contribution in [0.2, 0.25) is 0 Å². The molecule has 2 aromatic rings. The molecule has 18 heavy (non-hydrogen) atoms. The lowest BCUT2D eigenvalue weighted by atomic mass is 10.2. The molecule has 0 aliphatic carbocycles. The van der Waals surface area contributed by atoms with Crippen molar-refractivity contribution in [3.63, 3.8) is 0 Å². The van der Waals surface area contributed by atoms with Gasteiger partial charge in [0.15, 0.2) is 5.78 Å². The van der Waals surface area contributed by atoms with Gasteiger partial charge in [-0.3, -0.25) is 9.00 Å². The van der Waals surface area contributed by atoms with E-state index in [9.17, 15) is 9.00 Å². The van der Waals surface area contributed by atoms with E-state index in [1.165, 1.54) is 0 Å². The quantitative estimate of drug-likeness (QED) is 0.808. The number of benzene rings is 2. The van der Waals surface area contributed by atoms with E-state index in [4.69, 9.17) is 0 Å². The molecule has 0 aromatic heterocycles. The van der Waals surface area contributed by atoms with Gasteiger partial charge in [-0.05, 0) is 28.1 Å². The third-order valence-corrected chi connectivity index (χ3v) is 4.76. The standard InChI is InChI=1S/C14H11BrO2S/c15-12-8-4-5-9-14(12)18(17)10-13(16)11-6-2-1-3-7-11/h1-9H,10H2. The van der Waals surface area contributed by atoms with E-state index in [0.717, 1.165) is 4.47 Å². The highest BCUT2D eigenvalue weighted by Crippen LogP contribution is 2.20. The Balaban J connectivity index is 2.14. The summed E-state index contributed by atoms with van der Waals surface area (Å²) >= 11 is 3.34. The minimum atomic E-state index is -1.32. The summed E-state index contributed by atoms with van der Waals surface area (Å²) < 4.78 is 12.9. The Morgan fingerprint density at radius 1 is 1.00 bits per heavy atom. The summed E-state index contributed by atoms with van der Waals surface area (Å²) in [6.45, 7) is 0.